The summed E-state index contributed by atoms with van der Waals surface area (Å²) in [6, 6.07) is 11.7. The highest BCUT2D eigenvalue weighted by Crippen LogP contribution is 2.30. The van der Waals surface area contributed by atoms with Crippen LogP contribution in [-0.4, -0.2) is 24.7 Å². The number of halogens is 1. The first-order valence-corrected chi connectivity index (χ1v) is 8.86. The average Bonchev–Trinajstić information content (AvgIpc) is 3.17. The zero-order chi connectivity index (χ0) is 18.5. The number of aryl methyl sites for hydroxylation is 1. The number of pyridine rings is 1. The molecule has 6 heteroatoms. The zero-order valence-electron chi connectivity index (χ0n) is 15.2. The molecule has 4 rings (SSSR count). The average molecular weight is 366 g/mol. The Bertz CT molecular complexity index is 1100. The third kappa shape index (κ3) is 2.88. The van der Waals surface area contributed by atoms with E-state index in [9.17, 15) is 0 Å². The summed E-state index contributed by atoms with van der Waals surface area (Å²) in [5.41, 5.74) is 5.41. The number of aromatic nitrogens is 5. The normalized spacial score (nSPS) is 12.0. The molecule has 3 heterocycles. The van der Waals surface area contributed by atoms with Crippen LogP contribution in [0, 0.1) is 0 Å². The van der Waals surface area contributed by atoms with E-state index in [-0.39, 0.29) is 5.41 Å². The van der Waals surface area contributed by atoms with Gasteiger partial charge >= 0.3 is 0 Å². The molecule has 4 aromatic rings. The minimum Gasteiger partial charge on any atom is -0.335 e. The Balaban J connectivity index is 1.80. The fourth-order valence-electron chi connectivity index (χ4n) is 2.90. The van der Waals surface area contributed by atoms with Crippen LogP contribution in [0.4, 0.5) is 0 Å². The predicted octanol–water partition coefficient (Wildman–Crippen LogP) is 4.98. The summed E-state index contributed by atoms with van der Waals surface area (Å²) >= 11 is 6.30. The van der Waals surface area contributed by atoms with E-state index < -0.39 is 0 Å². The quantitative estimate of drug-likeness (QED) is 0.545. The highest BCUT2D eigenvalue weighted by molar-refractivity contribution is 6.33. The van der Waals surface area contributed by atoms with Crippen molar-refractivity contribution in [3.05, 3.63) is 53.3 Å². The third-order valence-corrected chi connectivity index (χ3v) is 4.74. The smallest absolute Gasteiger partial charge is 0.156 e. The van der Waals surface area contributed by atoms with Crippen molar-refractivity contribution in [2.24, 2.45) is 7.05 Å². The van der Waals surface area contributed by atoms with Crippen LogP contribution in [0.3, 0.4) is 0 Å². The second-order valence-electron chi connectivity index (χ2n) is 7.44. The molecule has 0 fully saturated rings. The lowest BCUT2D eigenvalue weighted by atomic mass is 9.92. The molecule has 0 amide bonds. The summed E-state index contributed by atoms with van der Waals surface area (Å²) in [6.45, 7) is 6.45. The minimum atomic E-state index is -0.0131. The molecule has 0 aliphatic carbocycles. The highest BCUT2D eigenvalue weighted by atomic mass is 35.5. The van der Waals surface area contributed by atoms with Crippen LogP contribution in [0.25, 0.3) is 33.8 Å². The van der Waals surface area contributed by atoms with Gasteiger partial charge in [-0.1, -0.05) is 50.6 Å². The first-order valence-electron chi connectivity index (χ1n) is 8.48. The summed E-state index contributed by atoms with van der Waals surface area (Å²) in [6.07, 6.45) is 1.80. The Kier molecular flexibility index (Phi) is 3.84. The van der Waals surface area contributed by atoms with Crippen LogP contribution in [0.2, 0.25) is 5.02 Å². The maximum atomic E-state index is 6.30. The van der Waals surface area contributed by atoms with Gasteiger partial charge in [0.2, 0.25) is 0 Å². The minimum absolute atomic E-state index is 0.0131. The van der Waals surface area contributed by atoms with Crippen molar-refractivity contribution < 1.29 is 0 Å². The Hall–Kier alpha value is -2.66. The first kappa shape index (κ1) is 16.8. The van der Waals surface area contributed by atoms with Gasteiger partial charge in [0, 0.05) is 23.0 Å². The standard InChI is InChI=1S/C20H20ClN5/c1-20(2,3)18-10-17(26(4)25-18)19-23-15-9-14(22-11-16(15)24-19)12-7-5-6-8-13(12)21/h5-11H,1-4H3,(H,23,24). The number of nitrogens with zero attached hydrogens (tertiary/aromatic N) is 4. The van der Waals surface area contributed by atoms with Crippen molar-refractivity contribution in [3.63, 3.8) is 0 Å². The molecule has 0 spiro atoms. The van der Waals surface area contributed by atoms with Crippen molar-refractivity contribution in [1.82, 2.24) is 24.7 Å². The van der Waals surface area contributed by atoms with E-state index in [1.807, 2.05) is 42.1 Å². The molecule has 26 heavy (non-hydrogen) atoms. The number of hydrogen-bond donors (Lipinski definition) is 1. The van der Waals surface area contributed by atoms with Gasteiger partial charge in [-0.25, -0.2) is 4.98 Å². The molecule has 0 aliphatic rings. The van der Waals surface area contributed by atoms with Crippen LogP contribution < -0.4 is 0 Å². The van der Waals surface area contributed by atoms with Gasteiger partial charge in [0.25, 0.3) is 0 Å². The number of hydrogen-bond acceptors (Lipinski definition) is 3. The molecule has 0 saturated carbocycles. The molecular weight excluding hydrogens is 346 g/mol. The van der Waals surface area contributed by atoms with Gasteiger partial charge in [0.15, 0.2) is 5.82 Å². The monoisotopic (exact) mass is 365 g/mol. The number of rotatable bonds is 2. The number of nitrogens with one attached hydrogen (secondary N) is 1. The van der Waals surface area contributed by atoms with Crippen molar-refractivity contribution >= 4 is 22.6 Å². The number of benzene rings is 1. The fourth-order valence-corrected chi connectivity index (χ4v) is 3.13. The van der Waals surface area contributed by atoms with E-state index in [0.717, 1.165) is 39.5 Å². The summed E-state index contributed by atoms with van der Waals surface area (Å²) in [7, 11) is 1.94. The Morgan fingerprint density at radius 2 is 1.88 bits per heavy atom. The molecule has 3 aromatic heterocycles. The predicted molar refractivity (Wildman–Crippen MR) is 105 cm³/mol. The number of imidazole rings is 1. The molecule has 0 unspecified atom stereocenters. The van der Waals surface area contributed by atoms with Crippen molar-refractivity contribution in [2.45, 2.75) is 26.2 Å². The van der Waals surface area contributed by atoms with E-state index in [2.05, 4.69) is 41.9 Å². The molecule has 5 nitrogen and oxygen atoms in total. The summed E-state index contributed by atoms with van der Waals surface area (Å²) in [5, 5.41) is 5.31. The van der Waals surface area contributed by atoms with Gasteiger partial charge in [-0.2, -0.15) is 5.10 Å². The van der Waals surface area contributed by atoms with Gasteiger partial charge in [0.1, 0.15) is 5.69 Å². The molecule has 0 bridgehead atoms. The topological polar surface area (TPSA) is 59.4 Å². The molecule has 1 aromatic carbocycles. The van der Waals surface area contributed by atoms with E-state index in [1.54, 1.807) is 6.20 Å². The third-order valence-electron chi connectivity index (χ3n) is 4.41. The van der Waals surface area contributed by atoms with Gasteiger partial charge in [-0.05, 0) is 18.2 Å². The molecule has 0 radical (unpaired) electrons. The van der Waals surface area contributed by atoms with E-state index in [1.165, 1.54) is 0 Å². The molecular formula is C20H20ClN5. The number of fused-ring (bicyclic) bond motifs is 1. The van der Waals surface area contributed by atoms with E-state index in [4.69, 9.17) is 16.6 Å². The van der Waals surface area contributed by atoms with Crippen molar-refractivity contribution in [2.75, 3.05) is 0 Å². The second kappa shape index (κ2) is 5.95. The zero-order valence-corrected chi connectivity index (χ0v) is 16.0. The lowest BCUT2D eigenvalue weighted by molar-refractivity contribution is 0.553. The lowest BCUT2D eigenvalue weighted by Gasteiger charge is -2.13. The van der Waals surface area contributed by atoms with Crippen LogP contribution in [0.15, 0.2) is 42.6 Å². The Morgan fingerprint density at radius 1 is 1.12 bits per heavy atom. The van der Waals surface area contributed by atoms with Crippen LogP contribution in [0.5, 0.6) is 0 Å². The number of H-pyrrole nitrogens is 1. The molecule has 0 atom stereocenters. The maximum Gasteiger partial charge on any atom is 0.156 e. The van der Waals surface area contributed by atoms with Gasteiger partial charge < -0.3 is 4.98 Å². The number of aromatic amines is 1. The van der Waals surface area contributed by atoms with Crippen LogP contribution in [0.1, 0.15) is 26.5 Å². The molecule has 0 saturated heterocycles. The van der Waals surface area contributed by atoms with Crippen LogP contribution in [-0.2, 0) is 12.5 Å². The second-order valence-corrected chi connectivity index (χ2v) is 7.85. The van der Waals surface area contributed by atoms with E-state index >= 15 is 0 Å². The van der Waals surface area contributed by atoms with Gasteiger partial charge in [-0.15, -0.1) is 0 Å². The van der Waals surface area contributed by atoms with Gasteiger partial charge in [-0.3, -0.25) is 9.67 Å². The molecule has 0 aliphatic heterocycles. The lowest BCUT2D eigenvalue weighted by Crippen LogP contribution is -2.12. The summed E-state index contributed by atoms with van der Waals surface area (Å²) < 4.78 is 1.86. The fraction of sp³-hybridized carbons (Fsp3) is 0.250. The summed E-state index contributed by atoms with van der Waals surface area (Å²) in [4.78, 5) is 12.6. The SMILES string of the molecule is Cn1nc(C(C)(C)C)cc1-c1nc2cc(-c3ccccc3Cl)ncc2[nH]1. The highest BCUT2D eigenvalue weighted by Gasteiger charge is 2.21. The first-order chi connectivity index (χ1) is 12.3. The Labute approximate surface area is 157 Å². The largest absolute Gasteiger partial charge is 0.335 e. The Morgan fingerprint density at radius 3 is 2.58 bits per heavy atom. The molecule has 1 N–H and O–H groups in total. The maximum absolute atomic E-state index is 6.30. The van der Waals surface area contributed by atoms with Gasteiger partial charge in [0.05, 0.1) is 28.6 Å². The van der Waals surface area contributed by atoms with E-state index in [0.29, 0.717) is 5.02 Å². The van der Waals surface area contributed by atoms with Crippen LogP contribution >= 0.6 is 11.6 Å². The van der Waals surface area contributed by atoms with Crippen molar-refractivity contribution in [1.29, 1.82) is 0 Å². The summed E-state index contributed by atoms with van der Waals surface area (Å²) in [5.74, 6) is 0.781. The van der Waals surface area contributed by atoms with Crippen molar-refractivity contribution in [3.8, 4) is 22.8 Å². The molecule has 132 valence electrons.